The third-order valence-corrected chi connectivity index (χ3v) is 5.18. The monoisotopic (exact) mass is 291 g/mol. The number of benzene rings is 1. The van der Waals surface area contributed by atoms with Gasteiger partial charge in [0.1, 0.15) is 11.5 Å². The van der Waals surface area contributed by atoms with Gasteiger partial charge in [0.05, 0.1) is 7.11 Å². The predicted molar refractivity (Wildman–Crippen MR) is 86.9 cm³/mol. The van der Waals surface area contributed by atoms with E-state index in [-0.39, 0.29) is 6.04 Å². The molecule has 1 aliphatic rings. The van der Waals surface area contributed by atoms with E-state index in [1.165, 1.54) is 25.7 Å². The number of methoxy groups -OCH3 is 1. The molecule has 0 bridgehead atoms. The fraction of sp³-hybridized carbons (Fsp3) is 0.667. The Morgan fingerprint density at radius 2 is 1.90 bits per heavy atom. The normalized spacial score (nSPS) is 20.5. The summed E-state index contributed by atoms with van der Waals surface area (Å²) in [5.74, 6) is 1.02. The van der Waals surface area contributed by atoms with Gasteiger partial charge in [-0.15, -0.1) is 0 Å². The topological polar surface area (TPSA) is 32.7 Å². The van der Waals surface area contributed by atoms with Crippen LogP contribution in [0, 0.1) is 5.41 Å². The summed E-state index contributed by atoms with van der Waals surface area (Å²) in [6, 6.07) is 6.41. The van der Waals surface area contributed by atoms with Crippen molar-refractivity contribution in [2.24, 2.45) is 5.41 Å². The molecule has 2 rings (SSSR count). The first-order valence-corrected chi connectivity index (χ1v) is 7.93. The predicted octanol–water partition coefficient (Wildman–Crippen LogP) is 4.36. The summed E-state index contributed by atoms with van der Waals surface area (Å²) >= 11 is 0. The fourth-order valence-electron chi connectivity index (χ4n) is 3.33. The maximum absolute atomic E-state index is 10.2. The Balaban J connectivity index is 2.07. The molecule has 1 unspecified atom stereocenters. The summed E-state index contributed by atoms with van der Waals surface area (Å²) < 4.78 is 5.16. The number of hydrogen-bond acceptors (Lipinski definition) is 3. The number of hydrogen-bond donors (Lipinski definition) is 1. The minimum Gasteiger partial charge on any atom is -0.507 e. The van der Waals surface area contributed by atoms with Gasteiger partial charge in [-0.05, 0) is 51.1 Å². The maximum Gasteiger partial charge on any atom is 0.124 e. The van der Waals surface area contributed by atoms with Crippen LogP contribution in [0.3, 0.4) is 0 Å². The maximum atomic E-state index is 10.2. The second-order valence-electron chi connectivity index (χ2n) is 7.16. The van der Waals surface area contributed by atoms with Crippen molar-refractivity contribution < 1.29 is 9.84 Å². The highest BCUT2D eigenvalue weighted by Crippen LogP contribution is 2.39. The molecule has 0 aromatic heterocycles. The lowest BCUT2D eigenvalue weighted by molar-refractivity contribution is 0.0992. The quantitative estimate of drug-likeness (QED) is 0.894. The van der Waals surface area contributed by atoms with E-state index in [0.717, 1.165) is 5.56 Å². The highest BCUT2D eigenvalue weighted by Gasteiger charge is 2.31. The van der Waals surface area contributed by atoms with Gasteiger partial charge in [-0.1, -0.05) is 19.9 Å². The molecule has 1 aromatic rings. The largest absolute Gasteiger partial charge is 0.507 e. The Labute approximate surface area is 128 Å². The zero-order valence-electron chi connectivity index (χ0n) is 14.0. The molecule has 21 heavy (non-hydrogen) atoms. The van der Waals surface area contributed by atoms with Gasteiger partial charge < -0.3 is 9.84 Å². The van der Waals surface area contributed by atoms with E-state index >= 15 is 0 Å². The van der Waals surface area contributed by atoms with Crippen LogP contribution in [0.4, 0.5) is 0 Å². The van der Waals surface area contributed by atoms with Crippen molar-refractivity contribution in [1.82, 2.24) is 4.90 Å². The molecule has 118 valence electrons. The molecule has 1 aromatic carbocycles. The molecule has 0 amide bonds. The van der Waals surface area contributed by atoms with E-state index in [1.54, 1.807) is 13.2 Å². The molecule has 0 spiro atoms. The Hall–Kier alpha value is -1.22. The second kappa shape index (κ2) is 6.27. The molecule has 0 radical (unpaired) electrons. The first-order valence-electron chi connectivity index (χ1n) is 7.93. The van der Waals surface area contributed by atoms with E-state index in [9.17, 15) is 5.11 Å². The highest BCUT2D eigenvalue weighted by molar-refractivity contribution is 5.41. The van der Waals surface area contributed by atoms with Gasteiger partial charge in [0, 0.05) is 23.7 Å². The standard InChI is InChI=1S/C18H29NO2/c1-13(16-7-6-15(21-5)12-17(16)20)19(4)14-8-10-18(2,3)11-9-14/h6-7,12-14,20H,8-11H2,1-5H3. The number of nitrogens with zero attached hydrogens (tertiary/aromatic N) is 1. The minimum absolute atomic E-state index is 0.210. The number of rotatable bonds is 4. The summed E-state index contributed by atoms with van der Waals surface area (Å²) in [7, 11) is 3.80. The van der Waals surface area contributed by atoms with Crippen molar-refractivity contribution in [3.8, 4) is 11.5 Å². The van der Waals surface area contributed by atoms with E-state index in [2.05, 4.69) is 32.7 Å². The Bertz CT molecular complexity index is 474. The zero-order chi connectivity index (χ0) is 15.6. The molecule has 1 N–H and O–H groups in total. The van der Waals surface area contributed by atoms with Crippen LogP contribution in [-0.4, -0.2) is 30.2 Å². The van der Waals surface area contributed by atoms with Crippen molar-refractivity contribution in [1.29, 1.82) is 0 Å². The van der Waals surface area contributed by atoms with Crippen molar-refractivity contribution in [2.75, 3.05) is 14.2 Å². The third kappa shape index (κ3) is 3.70. The molecule has 1 saturated carbocycles. The van der Waals surface area contributed by atoms with Crippen LogP contribution < -0.4 is 4.74 Å². The van der Waals surface area contributed by atoms with Crippen LogP contribution in [0.5, 0.6) is 11.5 Å². The summed E-state index contributed by atoms with van der Waals surface area (Å²) in [4.78, 5) is 2.41. The van der Waals surface area contributed by atoms with Crippen LogP contribution in [0.1, 0.15) is 58.1 Å². The van der Waals surface area contributed by atoms with Crippen molar-refractivity contribution in [2.45, 2.75) is 58.5 Å². The Morgan fingerprint density at radius 1 is 1.29 bits per heavy atom. The lowest BCUT2D eigenvalue weighted by atomic mass is 9.75. The number of aromatic hydroxyl groups is 1. The number of ether oxygens (including phenoxy) is 1. The van der Waals surface area contributed by atoms with Crippen LogP contribution in [0.2, 0.25) is 0 Å². The van der Waals surface area contributed by atoms with Gasteiger partial charge in [0.25, 0.3) is 0 Å². The number of phenols is 1. The van der Waals surface area contributed by atoms with Crippen molar-refractivity contribution >= 4 is 0 Å². The molecule has 1 aliphatic carbocycles. The zero-order valence-corrected chi connectivity index (χ0v) is 14.0. The first kappa shape index (κ1) is 16.2. The van der Waals surface area contributed by atoms with Gasteiger partial charge in [0.15, 0.2) is 0 Å². The average Bonchev–Trinajstić information content (AvgIpc) is 2.45. The van der Waals surface area contributed by atoms with Gasteiger partial charge >= 0.3 is 0 Å². The fourth-order valence-corrected chi connectivity index (χ4v) is 3.33. The molecule has 0 heterocycles. The van der Waals surface area contributed by atoms with E-state index in [0.29, 0.717) is 23.0 Å². The summed E-state index contributed by atoms with van der Waals surface area (Å²) in [6.07, 6.45) is 5.04. The van der Waals surface area contributed by atoms with Crippen LogP contribution >= 0.6 is 0 Å². The van der Waals surface area contributed by atoms with Crippen LogP contribution in [0.15, 0.2) is 18.2 Å². The smallest absolute Gasteiger partial charge is 0.124 e. The van der Waals surface area contributed by atoms with Gasteiger partial charge in [-0.3, -0.25) is 4.90 Å². The van der Waals surface area contributed by atoms with Gasteiger partial charge in [0.2, 0.25) is 0 Å². The molecular formula is C18H29NO2. The summed E-state index contributed by atoms with van der Waals surface area (Å²) in [5, 5.41) is 10.2. The molecule has 0 aliphatic heterocycles. The lowest BCUT2D eigenvalue weighted by Gasteiger charge is -2.41. The van der Waals surface area contributed by atoms with Gasteiger partial charge in [-0.2, -0.15) is 0 Å². The Morgan fingerprint density at radius 3 is 2.43 bits per heavy atom. The van der Waals surface area contributed by atoms with Gasteiger partial charge in [-0.25, -0.2) is 0 Å². The van der Waals surface area contributed by atoms with E-state index < -0.39 is 0 Å². The lowest BCUT2D eigenvalue weighted by Crippen LogP contribution is -2.38. The molecule has 1 atom stereocenters. The molecular weight excluding hydrogens is 262 g/mol. The average molecular weight is 291 g/mol. The van der Waals surface area contributed by atoms with E-state index in [1.807, 2.05) is 12.1 Å². The molecule has 0 saturated heterocycles. The van der Waals surface area contributed by atoms with E-state index in [4.69, 9.17) is 4.74 Å². The molecule has 3 nitrogen and oxygen atoms in total. The number of phenolic OH excluding ortho intramolecular Hbond substituents is 1. The van der Waals surface area contributed by atoms with Crippen LogP contribution in [0.25, 0.3) is 0 Å². The third-order valence-electron chi connectivity index (χ3n) is 5.18. The molecule has 3 heteroatoms. The summed E-state index contributed by atoms with van der Waals surface area (Å²) in [6.45, 7) is 6.89. The second-order valence-corrected chi connectivity index (χ2v) is 7.16. The molecule has 1 fully saturated rings. The first-order chi connectivity index (χ1) is 9.84. The van der Waals surface area contributed by atoms with Crippen molar-refractivity contribution in [3.05, 3.63) is 23.8 Å². The van der Waals surface area contributed by atoms with Crippen molar-refractivity contribution in [3.63, 3.8) is 0 Å². The van der Waals surface area contributed by atoms with Crippen LogP contribution in [-0.2, 0) is 0 Å². The SMILES string of the molecule is COc1ccc(C(C)N(C)C2CCC(C)(C)CC2)c(O)c1. The Kier molecular flexibility index (Phi) is 4.82. The summed E-state index contributed by atoms with van der Waals surface area (Å²) in [5.41, 5.74) is 1.46. The highest BCUT2D eigenvalue weighted by atomic mass is 16.5. The minimum atomic E-state index is 0.210.